The van der Waals surface area contributed by atoms with Crippen LogP contribution in [0.15, 0.2) is 23.1 Å². The topological polar surface area (TPSA) is 83.9 Å². The summed E-state index contributed by atoms with van der Waals surface area (Å²) >= 11 is 0. The molecule has 3 rings (SSSR count). The van der Waals surface area contributed by atoms with Crippen LogP contribution in [-0.4, -0.2) is 43.5 Å². The lowest BCUT2D eigenvalue weighted by Gasteiger charge is -2.24. The van der Waals surface area contributed by atoms with Gasteiger partial charge in [0, 0.05) is 18.7 Å². The molecule has 0 amide bonds. The third kappa shape index (κ3) is 2.51. The number of carboxylic acid groups (broad SMARTS) is 1. The van der Waals surface area contributed by atoms with E-state index >= 15 is 0 Å². The fraction of sp³-hybridized carbons (Fsp3) is 0.500. The molecule has 1 aromatic rings. The van der Waals surface area contributed by atoms with Gasteiger partial charge in [0.15, 0.2) is 0 Å². The van der Waals surface area contributed by atoms with Crippen molar-refractivity contribution in [2.75, 3.05) is 19.7 Å². The molecule has 0 aliphatic carbocycles. The van der Waals surface area contributed by atoms with Crippen molar-refractivity contribution in [2.45, 2.75) is 30.1 Å². The minimum Gasteiger partial charge on any atom is -0.493 e. The van der Waals surface area contributed by atoms with Gasteiger partial charge < -0.3 is 9.84 Å². The zero-order valence-electron chi connectivity index (χ0n) is 11.5. The Bertz CT molecular complexity index is 664. The van der Waals surface area contributed by atoms with Gasteiger partial charge in [-0.3, -0.25) is 4.79 Å². The lowest BCUT2D eigenvalue weighted by Crippen LogP contribution is -2.28. The summed E-state index contributed by atoms with van der Waals surface area (Å²) in [5.74, 6) is -1.19. The number of sulfonamides is 1. The molecule has 1 atom stereocenters. The number of hydrogen-bond donors (Lipinski definition) is 1. The molecule has 1 fully saturated rings. The Hall–Kier alpha value is -1.60. The highest BCUT2D eigenvalue weighted by Crippen LogP contribution is 2.36. The molecule has 0 spiro atoms. The normalized spacial score (nSPS) is 22.6. The van der Waals surface area contributed by atoms with Gasteiger partial charge in [-0.05, 0) is 37.5 Å². The predicted molar refractivity (Wildman–Crippen MR) is 74.9 cm³/mol. The summed E-state index contributed by atoms with van der Waals surface area (Å²) in [6.07, 6.45) is 2.09. The van der Waals surface area contributed by atoms with Gasteiger partial charge in [0.2, 0.25) is 10.0 Å². The van der Waals surface area contributed by atoms with Gasteiger partial charge in [0.25, 0.3) is 0 Å². The average Bonchev–Trinajstić information content (AvgIpc) is 3.00. The van der Waals surface area contributed by atoms with Crippen molar-refractivity contribution in [1.29, 1.82) is 0 Å². The highest BCUT2D eigenvalue weighted by molar-refractivity contribution is 7.89. The Morgan fingerprint density at radius 1 is 1.29 bits per heavy atom. The van der Waals surface area contributed by atoms with Crippen molar-refractivity contribution >= 4 is 16.0 Å². The molecule has 1 saturated heterocycles. The quantitative estimate of drug-likeness (QED) is 0.912. The Balaban J connectivity index is 2.02. The van der Waals surface area contributed by atoms with E-state index in [4.69, 9.17) is 4.74 Å². The number of carbonyl (C=O) groups is 1. The van der Waals surface area contributed by atoms with Crippen LogP contribution >= 0.6 is 0 Å². The molecule has 6 nitrogen and oxygen atoms in total. The third-order valence-electron chi connectivity index (χ3n) is 4.02. The number of aliphatic carboxylic acids is 1. The second-order valence-electron chi connectivity index (χ2n) is 5.34. The van der Waals surface area contributed by atoms with Gasteiger partial charge in [-0.2, -0.15) is 4.31 Å². The number of nitrogens with zero attached hydrogens (tertiary/aromatic N) is 1. The number of hydrogen-bond acceptors (Lipinski definition) is 4. The molecular weight excluding hydrogens is 294 g/mol. The Morgan fingerprint density at radius 2 is 2.00 bits per heavy atom. The molecule has 0 bridgehead atoms. The fourth-order valence-corrected chi connectivity index (χ4v) is 4.42. The number of fused-ring (bicyclic) bond motifs is 1. The molecule has 2 aliphatic rings. The highest BCUT2D eigenvalue weighted by Gasteiger charge is 2.32. The number of rotatable bonds is 3. The Morgan fingerprint density at radius 3 is 2.67 bits per heavy atom. The van der Waals surface area contributed by atoms with Crippen molar-refractivity contribution in [1.82, 2.24) is 4.31 Å². The summed E-state index contributed by atoms with van der Waals surface area (Å²) in [7, 11) is -3.54. The van der Waals surface area contributed by atoms with E-state index < -0.39 is 21.9 Å². The molecule has 2 aliphatic heterocycles. The van der Waals surface area contributed by atoms with E-state index in [0.717, 1.165) is 12.8 Å². The maximum Gasteiger partial charge on any atom is 0.311 e. The van der Waals surface area contributed by atoms with Crippen LogP contribution in [0, 0.1) is 0 Å². The molecule has 1 aromatic carbocycles. The summed E-state index contributed by atoms with van der Waals surface area (Å²) in [5.41, 5.74) is 0.453. The van der Waals surface area contributed by atoms with E-state index in [1.165, 1.54) is 16.4 Å². The molecule has 2 heterocycles. The van der Waals surface area contributed by atoms with E-state index in [9.17, 15) is 18.3 Å². The maximum absolute atomic E-state index is 12.5. The number of ether oxygens (including phenoxy) is 1. The zero-order chi connectivity index (χ0) is 15.0. The highest BCUT2D eigenvalue weighted by atomic mass is 32.2. The maximum atomic E-state index is 12.5. The Labute approximate surface area is 123 Å². The van der Waals surface area contributed by atoms with Crippen molar-refractivity contribution in [2.24, 2.45) is 0 Å². The van der Waals surface area contributed by atoms with Crippen LogP contribution in [0.4, 0.5) is 0 Å². The molecule has 0 radical (unpaired) electrons. The van der Waals surface area contributed by atoms with Crippen LogP contribution in [0.25, 0.3) is 0 Å². The van der Waals surface area contributed by atoms with E-state index in [0.29, 0.717) is 37.4 Å². The van der Waals surface area contributed by atoms with Gasteiger partial charge in [0.05, 0.1) is 17.4 Å². The largest absolute Gasteiger partial charge is 0.493 e. The molecule has 0 unspecified atom stereocenters. The van der Waals surface area contributed by atoms with E-state index in [2.05, 4.69) is 0 Å². The van der Waals surface area contributed by atoms with Gasteiger partial charge in [-0.1, -0.05) is 0 Å². The molecule has 7 heteroatoms. The summed E-state index contributed by atoms with van der Waals surface area (Å²) in [6.45, 7) is 1.39. The van der Waals surface area contributed by atoms with E-state index in [1.807, 2.05) is 0 Å². The first-order valence-electron chi connectivity index (χ1n) is 7.00. The number of benzene rings is 1. The smallest absolute Gasteiger partial charge is 0.311 e. The molecule has 21 heavy (non-hydrogen) atoms. The third-order valence-corrected chi connectivity index (χ3v) is 5.92. The minimum absolute atomic E-state index is 0.153. The van der Waals surface area contributed by atoms with Crippen molar-refractivity contribution in [3.05, 3.63) is 23.8 Å². The minimum atomic E-state index is -3.54. The van der Waals surface area contributed by atoms with E-state index in [1.54, 1.807) is 6.07 Å². The zero-order valence-corrected chi connectivity index (χ0v) is 12.3. The van der Waals surface area contributed by atoms with Gasteiger partial charge in [-0.25, -0.2) is 8.42 Å². The van der Waals surface area contributed by atoms with Gasteiger partial charge in [0.1, 0.15) is 5.75 Å². The van der Waals surface area contributed by atoms with Crippen LogP contribution in [0.2, 0.25) is 0 Å². The summed E-state index contributed by atoms with van der Waals surface area (Å²) in [5, 5.41) is 9.27. The average molecular weight is 311 g/mol. The van der Waals surface area contributed by atoms with Crippen LogP contribution in [0.3, 0.4) is 0 Å². The van der Waals surface area contributed by atoms with E-state index in [-0.39, 0.29) is 4.90 Å². The molecule has 114 valence electrons. The molecule has 1 N–H and O–H groups in total. The molecular formula is C14H17NO5S. The summed E-state index contributed by atoms with van der Waals surface area (Å²) in [4.78, 5) is 11.5. The Kier molecular flexibility index (Phi) is 3.62. The molecule has 0 saturated carbocycles. The van der Waals surface area contributed by atoms with Crippen LogP contribution in [-0.2, 0) is 14.8 Å². The summed E-state index contributed by atoms with van der Waals surface area (Å²) in [6, 6.07) is 4.52. The van der Waals surface area contributed by atoms with Crippen molar-refractivity contribution < 1.29 is 23.1 Å². The predicted octanol–water partition coefficient (Wildman–Crippen LogP) is 1.42. The fourth-order valence-electron chi connectivity index (χ4n) is 2.87. The second kappa shape index (κ2) is 5.31. The van der Waals surface area contributed by atoms with Gasteiger partial charge >= 0.3 is 5.97 Å². The van der Waals surface area contributed by atoms with Gasteiger partial charge in [-0.15, -0.1) is 0 Å². The SMILES string of the molecule is O=C(O)[C@H]1CCOc2ccc(S(=O)(=O)N3CCCC3)cc21. The first-order chi connectivity index (χ1) is 10.00. The first kappa shape index (κ1) is 14.3. The van der Waals surface area contributed by atoms with Crippen LogP contribution < -0.4 is 4.74 Å². The van der Waals surface area contributed by atoms with Crippen LogP contribution in [0.1, 0.15) is 30.7 Å². The lowest BCUT2D eigenvalue weighted by molar-refractivity contribution is -0.139. The number of carboxylic acids is 1. The molecule has 0 aromatic heterocycles. The standard InChI is InChI=1S/C14H17NO5S/c16-14(17)11-5-8-20-13-4-3-10(9-12(11)13)21(18,19)15-6-1-2-7-15/h3-4,9,11H,1-2,5-8H2,(H,16,17)/t11-/m0/s1. The summed E-state index contributed by atoms with van der Waals surface area (Å²) < 4.78 is 31.9. The van der Waals surface area contributed by atoms with Crippen molar-refractivity contribution in [3.8, 4) is 5.75 Å². The van der Waals surface area contributed by atoms with Crippen molar-refractivity contribution in [3.63, 3.8) is 0 Å². The first-order valence-corrected chi connectivity index (χ1v) is 8.44. The second-order valence-corrected chi connectivity index (χ2v) is 7.28. The van der Waals surface area contributed by atoms with Crippen LogP contribution in [0.5, 0.6) is 5.75 Å². The lowest BCUT2D eigenvalue weighted by atomic mass is 9.93. The monoisotopic (exact) mass is 311 g/mol.